The van der Waals surface area contributed by atoms with Crippen molar-refractivity contribution >= 4 is 11.7 Å². The van der Waals surface area contributed by atoms with E-state index in [-0.39, 0.29) is 6.09 Å². The third-order valence-corrected chi connectivity index (χ3v) is 5.53. The first kappa shape index (κ1) is 21.9. The molecule has 1 aliphatic rings. The Bertz CT molecular complexity index is 939. The molecule has 2 aromatic rings. The van der Waals surface area contributed by atoms with Gasteiger partial charge in [-0.1, -0.05) is 36.4 Å². The van der Waals surface area contributed by atoms with Gasteiger partial charge in [0.2, 0.25) is 0 Å². The maximum absolute atomic E-state index is 12.4. The number of carbonyl (C=O) groups is 1. The number of benzene rings is 2. The van der Waals surface area contributed by atoms with Crippen LogP contribution < -0.4 is 4.74 Å². The van der Waals surface area contributed by atoms with Crippen LogP contribution >= 0.6 is 0 Å². The van der Waals surface area contributed by atoms with Crippen molar-refractivity contribution in [2.45, 2.75) is 60.2 Å². The molecule has 0 atom stereocenters. The fourth-order valence-electron chi connectivity index (χ4n) is 3.62. The van der Waals surface area contributed by atoms with Crippen molar-refractivity contribution in [3.05, 3.63) is 70.3 Å². The number of carbonyl (C=O) groups excluding carboxylic acids is 1. The predicted molar refractivity (Wildman–Crippen MR) is 122 cm³/mol. The molecule has 4 nitrogen and oxygen atoms in total. The van der Waals surface area contributed by atoms with Crippen LogP contribution in [-0.2, 0) is 11.3 Å². The molecule has 1 heterocycles. The van der Waals surface area contributed by atoms with Gasteiger partial charge in [0.1, 0.15) is 18.0 Å². The summed E-state index contributed by atoms with van der Waals surface area (Å²) >= 11 is 0. The smallest absolute Gasteiger partial charge is 0.410 e. The first-order chi connectivity index (χ1) is 14.2. The van der Waals surface area contributed by atoms with Crippen LogP contribution in [0.1, 0.15) is 55.0 Å². The van der Waals surface area contributed by atoms with Gasteiger partial charge in [0.15, 0.2) is 0 Å². The summed E-state index contributed by atoms with van der Waals surface area (Å²) in [6.07, 6.45) is 2.66. The topological polar surface area (TPSA) is 38.8 Å². The molecule has 4 heteroatoms. The molecule has 0 radical (unpaired) electrons. The van der Waals surface area contributed by atoms with Crippen molar-refractivity contribution < 1.29 is 14.3 Å². The van der Waals surface area contributed by atoms with E-state index in [4.69, 9.17) is 9.47 Å². The highest BCUT2D eigenvalue weighted by Gasteiger charge is 2.25. The first-order valence-corrected chi connectivity index (χ1v) is 10.6. The van der Waals surface area contributed by atoms with E-state index in [9.17, 15) is 4.79 Å². The molecule has 1 aliphatic heterocycles. The second-order valence-corrected chi connectivity index (χ2v) is 9.00. The largest absolute Gasteiger partial charge is 0.488 e. The Morgan fingerprint density at radius 2 is 1.77 bits per heavy atom. The van der Waals surface area contributed by atoms with Crippen molar-refractivity contribution in [3.8, 4) is 5.75 Å². The number of nitrogens with zero attached hydrogens (tertiary/aromatic N) is 1. The number of hydrogen-bond acceptors (Lipinski definition) is 3. The number of aryl methyl sites for hydroxylation is 1. The van der Waals surface area contributed by atoms with Gasteiger partial charge in [0, 0.05) is 18.7 Å². The molecule has 0 saturated heterocycles. The van der Waals surface area contributed by atoms with E-state index in [2.05, 4.69) is 45.0 Å². The Morgan fingerprint density at radius 1 is 1.07 bits per heavy atom. The van der Waals surface area contributed by atoms with Gasteiger partial charge in [-0.15, -0.1) is 0 Å². The lowest BCUT2D eigenvalue weighted by Gasteiger charge is -2.30. The lowest BCUT2D eigenvalue weighted by Crippen LogP contribution is -2.39. The van der Waals surface area contributed by atoms with Gasteiger partial charge < -0.3 is 14.4 Å². The van der Waals surface area contributed by atoms with Crippen molar-refractivity contribution in [2.75, 3.05) is 13.1 Å². The van der Waals surface area contributed by atoms with E-state index >= 15 is 0 Å². The monoisotopic (exact) mass is 407 g/mol. The molecule has 2 aromatic carbocycles. The molecule has 0 spiro atoms. The molecule has 1 amide bonds. The van der Waals surface area contributed by atoms with Crippen molar-refractivity contribution in [1.82, 2.24) is 4.90 Å². The Hall–Kier alpha value is -2.75. The number of amides is 1. The summed E-state index contributed by atoms with van der Waals surface area (Å²) < 4.78 is 11.9. The molecule has 160 valence electrons. The average Bonchev–Trinajstić information content (AvgIpc) is 2.71. The SMILES string of the molecule is Cc1cc(C2=CCN(C(=O)OC(C)(C)C)CC2)c(OCc2ccccc2)c(C)c1C. The Balaban J connectivity index is 1.84. The average molecular weight is 408 g/mol. The molecule has 3 rings (SSSR count). The summed E-state index contributed by atoms with van der Waals surface area (Å²) in [5.41, 5.74) is 6.72. The quantitative estimate of drug-likeness (QED) is 0.604. The fourth-order valence-corrected chi connectivity index (χ4v) is 3.62. The van der Waals surface area contributed by atoms with E-state index in [1.54, 1.807) is 4.90 Å². The van der Waals surface area contributed by atoms with Crippen molar-refractivity contribution in [1.29, 1.82) is 0 Å². The van der Waals surface area contributed by atoms with E-state index in [0.717, 1.165) is 23.3 Å². The summed E-state index contributed by atoms with van der Waals surface area (Å²) in [4.78, 5) is 14.1. The van der Waals surface area contributed by atoms with Crippen molar-refractivity contribution in [3.63, 3.8) is 0 Å². The van der Waals surface area contributed by atoms with Crippen molar-refractivity contribution in [2.24, 2.45) is 0 Å². The predicted octanol–water partition coefficient (Wildman–Crippen LogP) is 6.22. The fraction of sp³-hybridized carbons (Fsp3) is 0.423. The van der Waals surface area contributed by atoms with Crippen LogP contribution in [0.25, 0.3) is 5.57 Å². The Morgan fingerprint density at radius 3 is 2.37 bits per heavy atom. The number of ether oxygens (including phenoxy) is 2. The summed E-state index contributed by atoms with van der Waals surface area (Å²) in [5, 5.41) is 0. The third-order valence-electron chi connectivity index (χ3n) is 5.53. The summed E-state index contributed by atoms with van der Waals surface area (Å²) in [5.74, 6) is 0.943. The second kappa shape index (κ2) is 8.95. The van der Waals surface area contributed by atoms with Gasteiger partial charge in [0.25, 0.3) is 0 Å². The zero-order chi connectivity index (χ0) is 21.9. The highest BCUT2D eigenvalue weighted by Crippen LogP contribution is 2.37. The van der Waals surface area contributed by atoms with E-state index in [0.29, 0.717) is 19.7 Å². The van der Waals surface area contributed by atoms with Gasteiger partial charge in [-0.2, -0.15) is 0 Å². The molecule has 0 unspecified atom stereocenters. The van der Waals surface area contributed by atoms with E-state index in [1.165, 1.54) is 22.3 Å². The summed E-state index contributed by atoms with van der Waals surface area (Å²) in [6.45, 7) is 13.8. The molecular weight excluding hydrogens is 374 g/mol. The van der Waals surface area contributed by atoms with Crippen LogP contribution in [0.5, 0.6) is 5.75 Å². The molecule has 30 heavy (non-hydrogen) atoms. The second-order valence-electron chi connectivity index (χ2n) is 9.00. The Labute approximate surface area is 180 Å². The molecule has 0 N–H and O–H groups in total. The summed E-state index contributed by atoms with van der Waals surface area (Å²) in [6, 6.07) is 12.4. The zero-order valence-corrected chi connectivity index (χ0v) is 19.0. The maximum Gasteiger partial charge on any atom is 0.410 e. The van der Waals surface area contributed by atoms with Crippen LogP contribution in [0.2, 0.25) is 0 Å². The molecule has 0 aromatic heterocycles. The van der Waals surface area contributed by atoms with E-state index < -0.39 is 5.60 Å². The number of hydrogen-bond donors (Lipinski definition) is 0. The van der Waals surface area contributed by atoms with Crippen LogP contribution in [0, 0.1) is 20.8 Å². The zero-order valence-electron chi connectivity index (χ0n) is 19.0. The molecule has 0 aliphatic carbocycles. The van der Waals surface area contributed by atoms with Gasteiger partial charge in [0.05, 0.1) is 0 Å². The Kier molecular flexibility index (Phi) is 6.55. The number of rotatable bonds is 4. The van der Waals surface area contributed by atoms with Gasteiger partial charge in [-0.25, -0.2) is 4.79 Å². The third kappa shape index (κ3) is 5.24. The highest BCUT2D eigenvalue weighted by atomic mass is 16.6. The molecule has 0 fully saturated rings. The van der Waals surface area contributed by atoms with Gasteiger partial charge >= 0.3 is 6.09 Å². The van der Waals surface area contributed by atoms with Crippen LogP contribution in [0.3, 0.4) is 0 Å². The lowest BCUT2D eigenvalue weighted by atomic mass is 9.92. The highest BCUT2D eigenvalue weighted by molar-refractivity contribution is 5.76. The maximum atomic E-state index is 12.4. The van der Waals surface area contributed by atoms with Crippen LogP contribution in [0.15, 0.2) is 42.5 Å². The van der Waals surface area contributed by atoms with Gasteiger partial charge in [-0.3, -0.25) is 0 Å². The minimum absolute atomic E-state index is 0.255. The van der Waals surface area contributed by atoms with Gasteiger partial charge in [-0.05, 0) is 81.9 Å². The van der Waals surface area contributed by atoms with E-state index in [1.807, 2.05) is 39.0 Å². The lowest BCUT2D eigenvalue weighted by molar-refractivity contribution is 0.0270. The molecule has 0 bridgehead atoms. The first-order valence-electron chi connectivity index (χ1n) is 10.6. The molecule has 0 saturated carbocycles. The van der Waals surface area contributed by atoms with Crippen LogP contribution in [0.4, 0.5) is 4.79 Å². The molecular formula is C26H33NO3. The summed E-state index contributed by atoms with van der Waals surface area (Å²) in [7, 11) is 0. The minimum atomic E-state index is -0.481. The standard InChI is InChI=1S/C26H33NO3/c1-18-16-23(22-12-14-27(15-13-22)25(28)30-26(4,5)6)24(20(3)19(18)2)29-17-21-10-8-7-9-11-21/h7-12,16H,13-15,17H2,1-6H3. The van der Waals surface area contributed by atoms with Crippen LogP contribution in [-0.4, -0.2) is 29.7 Å². The normalized spacial score (nSPS) is 14.3. The minimum Gasteiger partial charge on any atom is -0.488 e.